The van der Waals surface area contributed by atoms with Gasteiger partial charge in [-0.2, -0.15) is 0 Å². The molecule has 0 aromatic carbocycles. The fourth-order valence-corrected chi connectivity index (χ4v) is 2.32. The summed E-state index contributed by atoms with van der Waals surface area (Å²) in [5.74, 6) is 1.07. The SMILES string of the molecule is CNc1cc([N+](=O)[O-])cc(N(C)C2CCOC2C)n1. The van der Waals surface area contributed by atoms with Crippen LogP contribution < -0.4 is 10.2 Å². The molecule has 0 bridgehead atoms. The van der Waals surface area contributed by atoms with Crippen LogP contribution in [0.1, 0.15) is 13.3 Å². The molecule has 0 spiro atoms. The molecule has 1 aliphatic heterocycles. The zero-order chi connectivity index (χ0) is 14.0. The summed E-state index contributed by atoms with van der Waals surface area (Å²) >= 11 is 0. The number of likely N-dealkylation sites (N-methyl/N-ethyl adjacent to an activating group) is 1. The number of hydrogen-bond donors (Lipinski definition) is 1. The van der Waals surface area contributed by atoms with Crippen molar-refractivity contribution >= 4 is 17.3 Å². The average Bonchev–Trinajstić information content (AvgIpc) is 2.83. The molecule has 7 heteroatoms. The number of anilines is 2. The molecule has 104 valence electrons. The van der Waals surface area contributed by atoms with E-state index in [0.29, 0.717) is 18.2 Å². The van der Waals surface area contributed by atoms with Crippen LogP contribution in [0.5, 0.6) is 0 Å². The molecule has 1 saturated heterocycles. The number of pyridine rings is 1. The van der Waals surface area contributed by atoms with Crippen LogP contribution in [0.2, 0.25) is 0 Å². The smallest absolute Gasteiger partial charge is 0.276 e. The van der Waals surface area contributed by atoms with E-state index in [9.17, 15) is 10.1 Å². The van der Waals surface area contributed by atoms with E-state index in [0.717, 1.165) is 6.42 Å². The normalized spacial score (nSPS) is 22.3. The Morgan fingerprint density at radius 3 is 2.84 bits per heavy atom. The number of hydrogen-bond acceptors (Lipinski definition) is 6. The van der Waals surface area contributed by atoms with Crippen molar-refractivity contribution < 1.29 is 9.66 Å². The van der Waals surface area contributed by atoms with E-state index in [2.05, 4.69) is 10.3 Å². The first-order chi connectivity index (χ1) is 9.02. The summed E-state index contributed by atoms with van der Waals surface area (Å²) in [6, 6.07) is 3.11. The first kappa shape index (κ1) is 13.5. The number of nitrogens with one attached hydrogen (secondary N) is 1. The predicted molar refractivity (Wildman–Crippen MR) is 72.7 cm³/mol. The topological polar surface area (TPSA) is 80.5 Å². The van der Waals surface area contributed by atoms with Crippen LogP contribution in [-0.2, 0) is 4.74 Å². The Labute approximate surface area is 111 Å². The summed E-state index contributed by atoms with van der Waals surface area (Å²) in [6.07, 6.45) is 1.00. The minimum atomic E-state index is -0.408. The zero-order valence-electron chi connectivity index (χ0n) is 11.3. The van der Waals surface area contributed by atoms with Gasteiger partial charge in [-0.05, 0) is 13.3 Å². The van der Waals surface area contributed by atoms with Crippen molar-refractivity contribution in [3.05, 3.63) is 22.2 Å². The van der Waals surface area contributed by atoms with Gasteiger partial charge in [-0.25, -0.2) is 4.98 Å². The Balaban J connectivity index is 2.32. The van der Waals surface area contributed by atoms with Crippen LogP contribution >= 0.6 is 0 Å². The maximum Gasteiger partial charge on any atom is 0.276 e. The predicted octanol–water partition coefficient (Wildman–Crippen LogP) is 1.65. The molecule has 0 amide bonds. The summed E-state index contributed by atoms with van der Waals surface area (Å²) in [5.41, 5.74) is 0.0350. The number of aromatic nitrogens is 1. The summed E-state index contributed by atoms with van der Waals surface area (Å²) < 4.78 is 5.52. The quantitative estimate of drug-likeness (QED) is 0.659. The third-order valence-electron chi connectivity index (χ3n) is 3.46. The molecular formula is C12H18N4O3. The van der Waals surface area contributed by atoms with Crippen LogP contribution in [0.25, 0.3) is 0 Å². The van der Waals surface area contributed by atoms with E-state index in [1.165, 1.54) is 12.1 Å². The third kappa shape index (κ3) is 2.76. The lowest BCUT2D eigenvalue weighted by Gasteiger charge is -2.27. The van der Waals surface area contributed by atoms with Gasteiger partial charge in [0.1, 0.15) is 11.6 Å². The highest BCUT2D eigenvalue weighted by Gasteiger charge is 2.29. The Hall–Kier alpha value is -1.89. The molecule has 1 aromatic rings. The largest absolute Gasteiger partial charge is 0.376 e. The van der Waals surface area contributed by atoms with Crippen molar-refractivity contribution in [2.24, 2.45) is 0 Å². The van der Waals surface area contributed by atoms with Gasteiger partial charge in [0, 0.05) is 20.7 Å². The number of nitro groups is 1. The van der Waals surface area contributed by atoms with Gasteiger partial charge in [-0.1, -0.05) is 0 Å². The third-order valence-corrected chi connectivity index (χ3v) is 3.46. The van der Waals surface area contributed by atoms with Crippen LogP contribution in [0.3, 0.4) is 0 Å². The summed E-state index contributed by atoms with van der Waals surface area (Å²) in [5, 5.41) is 13.8. The van der Waals surface area contributed by atoms with Gasteiger partial charge in [-0.15, -0.1) is 0 Å². The van der Waals surface area contributed by atoms with Gasteiger partial charge in [0.15, 0.2) is 0 Å². The Morgan fingerprint density at radius 2 is 2.32 bits per heavy atom. The molecular weight excluding hydrogens is 248 g/mol. The van der Waals surface area contributed by atoms with E-state index in [1.54, 1.807) is 7.05 Å². The molecule has 0 aliphatic carbocycles. The summed E-state index contributed by atoms with van der Waals surface area (Å²) in [7, 11) is 3.58. The maximum atomic E-state index is 10.9. The van der Waals surface area contributed by atoms with E-state index in [1.807, 2.05) is 18.9 Å². The van der Waals surface area contributed by atoms with Crippen molar-refractivity contribution in [1.29, 1.82) is 0 Å². The molecule has 2 atom stereocenters. The van der Waals surface area contributed by atoms with E-state index in [4.69, 9.17) is 4.74 Å². The first-order valence-electron chi connectivity index (χ1n) is 6.21. The van der Waals surface area contributed by atoms with Gasteiger partial charge < -0.3 is 15.0 Å². The number of nitrogens with zero attached hydrogens (tertiary/aromatic N) is 3. The fourth-order valence-electron chi connectivity index (χ4n) is 2.32. The maximum absolute atomic E-state index is 10.9. The highest BCUT2D eigenvalue weighted by Crippen LogP contribution is 2.27. The van der Waals surface area contributed by atoms with Gasteiger partial charge in [0.25, 0.3) is 5.69 Å². The molecule has 2 heterocycles. The van der Waals surface area contributed by atoms with Gasteiger partial charge in [0.05, 0.1) is 29.2 Å². The molecule has 7 nitrogen and oxygen atoms in total. The fraction of sp³-hybridized carbons (Fsp3) is 0.583. The molecule has 0 radical (unpaired) electrons. The van der Waals surface area contributed by atoms with Gasteiger partial charge in [0.2, 0.25) is 0 Å². The molecule has 2 unspecified atom stereocenters. The molecule has 1 aromatic heterocycles. The highest BCUT2D eigenvalue weighted by atomic mass is 16.6. The molecule has 1 fully saturated rings. The second-order valence-electron chi connectivity index (χ2n) is 4.62. The summed E-state index contributed by atoms with van der Waals surface area (Å²) in [6.45, 7) is 2.72. The Kier molecular flexibility index (Phi) is 3.84. The minimum Gasteiger partial charge on any atom is -0.376 e. The van der Waals surface area contributed by atoms with Crippen molar-refractivity contribution in [3.63, 3.8) is 0 Å². The number of ether oxygens (including phenoxy) is 1. The van der Waals surface area contributed by atoms with Gasteiger partial charge >= 0.3 is 0 Å². The van der Waals surface area contributed by atoms with Crippen molar-refractivity contribution in [3.8, 4) is 0 Å². The van der Waals surface area contributed by atoms with Crippen LogP contribution in [0.4, 0.5) is 17.3 Å². The first-order valence-corrected chi connectivity index (χ1v) is 6.21. The van der Waals surface area contributed by atoms with Crippen molar-refractivity contribution in [2.45, 2.75) is 25.5 Å². The van der Waals surface area contributed by atoms with E-state index in [-0.39, 0.29) is 17.8 Å². The van der Waals surface area contributed by atoms with E-state index < -0.39 is 4.92 Å². The lowest BCUT2D eigenvalue weighted by Crippen LogP contribution is -2.37. The lowest BCUT2D eigenvalue weighted by atomic mass is 10.1. The van der Waals surface area contributed by atoms with Crippen LogP contribution in [0.15, 0.2) is 12.1 Å². The Morgan fingerprint density at radius 1 is 1.58 bits per heavy atom. The Bertz CT molecular complexity index is 480. The minimum absolute atomic E-state index is 0.0350. The molecule has 2 rings (SSSR count). The molecule has 0 saturated carbocycles. The zero-order valence-corrected chi connectivity index (χ0v) is 11.3. The van der Waals surface area contributed by atoms with Crippen molar-refractivity contribution in [1.82, 2.24) is 4.98 Å². The molecule has 19 heavy (non-hydrogen) atoms. The average molecular weight is 266 g/mol. The number of rotatable bonds is 4. The highest BCUT2D eigenvalue weighted by molar-refractivity contribution is 5.56. The van der Waals surface area contributed by atoms with E-state index >= 15 is 0 Å². The second-order valence-corrected chi connectivity index (χ2v) is 4.62. The standard InChI is InChI=1S/C12H18N4O3/c1-8-10(4-5-19-8)15(3)12-7-9(16(17)18)6-11(13-2)14-12/h6-8,10H,4-5H2,1-3H3,(H,13,14). The van der Waals surface area contributed by atoms with Crippen molar-refractivity contribution in [2.75, 3.05) is 30.9 Å². The van der Waals surface area contributed by atoms with Gasteiger partial charge in [-0.3, -0.25) is 10.1 Å². The monoisotopic (exact) mass is 266 g/mol. The van der Waals surface area contributed by atoms with Crippen LogP contribution in [-0.4, -0.2) is 42.8 Å². The lowest BCUT2D eigenvalue weighted by molar-refractivity contribution is -0.384. The summed E-state index contributed by atoms with van der Waals surface area (Å²) in [4.78, 5) is 16.8. The van der Waals surface area contributed by atoms with Crippen LogP contribution in [0, 0.1) is 10.1 Å². The second kappa shape index (κ2) is 5.40. The molecule has 1 N–H and O–H groups in total. The molecule has 1 aliphatic rings.